The maximum atomic E-state index is 12.9. The van der Waals surface area contributed by atoms with E-state index in [0.717, 1.165) is 5.56 Å². The van der Waals surface area contributed by atoms with Crippen molar-refractivity contribution in [2.75, 3.05) is 19.7 Å². The number of carbonyl (C=O) groups excluding carboxylic acids is 2. The van der Waals surface area contributed by atoms with Gasteiger partial charge in [0.1, 0.15) is 6.10 Å². The summed E-state index contributed by atoms with van der Waals surface area (Å²) in [4.78, 5) is 26.4. The number of benzene rings is 2. The van der Waals surface area contributed by atoms with Gasteiger partial charge in [-0.2, -0.15) is 0 Å². The molecule has 0 bridgehead atoms. The maximum Gasteiger partial charge on any atom is 0.254 e. The molecule has 3 rings (SSSR count). The highest BCUT2D eigenvalue weighted by Gasteiger charge is 2.28. The van der Waals surface area contributed by atoms with Crippen LogP contribution in [0.15, 0.2) is 42.5 Å². The van der Waals surface area contributed by atoms with Gasteiger partial charge in [-0.1, -0.05) is 47.5 Å². The normalized spacial score (nSPS) is 17.4. The lowest BCUT2D eigenvalue weighted by molar-refractivity contribution is -0.0228. The second kappa shape index (κ2) is 7.56. The van der Waals surface area contributed by atoms with Gasteiger partial charge in [0.05, 0.1) is 28.8 Å². The molecule has 6 heteroatoms. The SMILES string of the molecule is CC(=O)c1ccccc1C(=O)N1CCO[C@@H](c2ccc(Cl)c(Cl)c2)C1. The summed E-state index contributed by atoms with van der Waals surface area (Å²) < 4.78 is 5.79. The largest absolute Gasteiger partial charge is 0.370 e. The first kappa shape index (κ1) is 17.9. The molecule has 0 aliphatic carbocycles. The van der Waals surface area contributed by atoms with Gasteiger partial charge in [-0.3, -0.25) is 9.59 Å². The lowest BCUT2D eigenvalue weighted by Crippen LogP contribution is -2.42. The van der Waals surface area contributed by atoms with Gasteiger partial charge in [0.2, 0.25) is 0 Å². The first-order chi connectivity index (χ1) is 12.0. The van der Waals surface area contributed by atoms with Crippen LogP contribution < -0.4 is 0 Å². The molecule has 1 amide bonds. The van der Waals surface area contributed by atoms with Gasteiger partial charge in [0, 0.05) is 12.1 Å². The van der Waals surface area contributed by atoms with E-state index < -0.39 is 0 Å². The van der Waals surface area contributed by atoms with Crippen molar-refractivity contribution in [1.29, 1.82) is 0 Å². The number of rotatable bonds is 3. The molecule has 130 valence electrons. The molecule has 1 atom stereocenters. The Labute approximate surface area is 156 Å². The number of Topliss-reactive ketones (excluding diaryl/α,β-unsaturated/α-hetero) is 1. The minimum atomic E-state index is -0.281. The molecular weight excluding hydrogens is 361 g/mol. The van der Waals surface area contributed by atoms with Crippen LogP contribution in [0.3, 0.4) is 0 Å². The Morgan fingerprint density at radius 3 is 2.48 bits per heavy atom. The Bertz CT molecular complexity index is 822. The molecular formula is C19H17Cl2NO3. The Morgan fingerprint density at radius 2 is 1.80 bits per heavy atom. The molecule has 25 heavy (non-hydrogen) atoms. The summed E-state index contributed by atoms with van der Waals surface area (Å²) in [5, 5.41) is 0.928. The zero-order valence-electron chi connectivity index (χ0n) is 13.7. The Hall–Kier alpha value is -1.88. The lowest BCUT2D eigenvalue weighted by atomic mass is 10.0. The topological polar surface area (TPSA) is 46.6 Å². The van der Waals surface area contributed by atoms with Crippen molar-refractivity contribution < 1.29 is 14.3 Å². The number of amides is 1. The Morgan fingerprint density at radius 1 is 1.08 bits per heavy atom. The minimum Gasteiger partial charge on any atom is -0.370 e. The first-order valence-corrected chi connectivity index (χ1v) is 8.68. The van der Waals surface area contributed by atoms with Crippen molar-refractivity contribution in [2.24, 2.45) is 0 Å². The maximum absolute atomic E-state index is 12.9. The van der Waals surface area contributed by atoms with Crippen LogP contribution in [0.25, 0.3) is 0 Å². The van der Waals surface area contributed by atoms with Crippen LogP contribution in [0.4, 0.5) is 0 Å². The number of halogens is 2. The van der Waals surface area contributed by atoms with Crippen molar-refractivity contribution in [1.82, 2.24) is 4.90 Å². The zero-order valence-corrected chi connectivity index (χ0v) is 15.2. The molecule has 1 saturated heterocycles. The lowest BCUT2D eigenvalue weighted by Gasteiger charge is -2.33. The molecule has 1 fully saturated rings. The van der Waals surface area contributed by atoms with Gasteiger partial charge in [0.15, 0.2) is 5.78 Å². The van der Waals surface area contributed by atoms with E-state index in [1.54, 1.807) is 41.3 Å². The van der Waals surface area contributed by atoms with Gasteiger partial charge in [-0.05, 0) is 30.7 Å². The molecule has 0 N–H and O–H groups in total. The van der Waals surface area contributed by atoms with Crippen LogP contribution in [0, 0.1) is 0 Å². The zero-order chi connectivity index (χ0) is 18.0. The van der Waals surface area contributed by atoms with E-state index in [0.29, 0.717) is 40.9 Å². The van der Waals surface area contributed by atoms with Crippen molar-refractivity contribution in [3.05, 3.63) is 69.2 Å². The molecule has 0 aromatic heterocycles. The van der Waals surface area contributed by atoms with Crippen molar-refractivity contribution in [3.8, 4) is 0 Å². The summed E-state index contributed by atoms with van der Waals surface area (Å²) in [7, 11) is 0. The van der Waals surface area contributed by atoms with E-state index in [-0.39, 0.29) is 17.8 Å². The number of morpholine rings is 1. The van der Waals surface area contributed by atoms with Crippen LogP contribution in [-0.2, 0) is 4.74 Å². The van der Waals surface area contributed by atoms with Gasteiger partial charge >= 0.3 is 0 Å². The fourth-order valence-electron chi connectivity index (χ4n) is 2.90. The summed E-state index contributed by atoms with van der Waals surface area (Å²) in [6.07, 6.45) is -0.281. The molecule has 1 heterocycles. The number of nitrogens with zero attached hydrogens (tertiary/aromatic N) is 1. The van der Waals surface area contributed by atoms with Gasteiger partial charge in [-0.15, -0.1) is 0 Å². The highest BCUT2D eigenvalue weighted by Crippen LogP contribution is 2.29. The monoisotopic (exact) mass is 377 g/mol. The third-order valence-electron chi connectivity index (χ3n) is 4.21. The molecule has 2 aromatic rings. The predicted molar refractivity (Wildman–Crippen MR) is 97.5 cm³/mol. The average molecular weight is 378 g/mol. The quantitative estimate of drug-likeness (QED) is 0.744. The average Bonchev–Trinajstić information content (AvgIpc) is 2.63. The second-order valence-electron chi connectivity index (χ2n) is 5.89. The molecule has 0 saturated carbocycles. The van der Waals surface area contributed by atoms with E-state index in [1.807, 2.05) is 6.07 Å². The van der Waals surface area contributed by atoms with Gasteiger partial charge in [-0.25, -0.2) is 0 Å². The molecule has 1 aliphatic rings. The molecule has 0 radical (unpaired) electrons. The summed E-state index contributed by atoms with van der Waals surface area (Å²) in [6, 6.07) is 12.2. The van der Waals surface area contributed by atoms with Crippen molar-refractivity contribution in [3.63, 3.8) is 0 Å². The third kappa shape index (κ3) is 3.87. The van der Waals surface area contributed by atoms with Crippen LogP contribution in [0.2, 0.25) is 10.0 Å². The fourth-order valence-corrected chi connectivity index (χ4v) is 3.20. The standard InChI is InChI=1S/C19H17Cl2NO3/c1-12(23)14-4-2-3-5-15(14)19(24)22-8-9-25-18(11-22)13-6-7-16(20)17(21)10-13/h2-7,10,18H,8-9,11H2,1H3/t18-/m1/s1. The number of ketones is 1. The Balaban J connectivity index is 1.83. The fraction of sp³-hybridized carbons (Fsp3) is 0.263. The number of hydrogen-bond acceptors (Lipinski definition) is 3. The van der Waals surface area contributed by atoms with Crippen LogP contribution >= 0.6 is 23.2 Å². The number of carbonyl (C=O) groups is 2. The van der Waals surface area contributed by atoms with E-state index in [9.17, 15) is 9.59 Å². The molecule has 1 aliphatic heterocycles. The van der Waals surface area contributed by atoms with Crippen molar-refractivity contribution in [2.45, 2.75) is 13.0 Å². The molecule has 4 nitrogen and oxygen atoms in total. The Kier molecular flexibility index (Phi) is 5.42. The van der Waals surface area contributed by atoms with E-state index >= 15 is 0 Å². The minimum absolute atomic E-state index is 0.127. The summed E-state index contributed by atoms with van der Waals surface area (Å²) in [6.45, 7) is 2.74. The second-order valence-corrected chi connectivity index (χ2v) is 6.70. The van der Waals surface area contributed by atoms with Gasteiger partial charge in [0.25, 0.3) is 5.91 Å². The number of ether oxygens (including phenoxy) is 1. The smallest absolute Gasteiger partial charge is 0.254 e. The van der Waals surface area contributed by atoms with Crippen LogP contribution in [0.5, 0.6) is 0 Å². The first-order valence-electron chi connectivity index (χ1n) is 7.93. The highest BCUT2D eigenvalue weighted by atomic mass is 35.5. The van der Waals surface area contributed by atoms with Gasteiger partial charge < -0.3 is 9.64 Å². The summed E-state index contributed by atoms with van der Waals surface area (Å²) in [5.41, 5.74) is 1.72. The molecule has 2 aromatic carbocycles. The van der Waals surface area contributed by atoms with Crippen LogP contribution in [0.1, 0.15) is 39.3 Å². The van der Waals surface area contributed by atoms with Crippen LogP contribution in [-0.4, -0.2) is 36.3 Å². The number of hydrogen-bond donors (Lipinski definition) is 0. The molecule has 0 unspecified atom stereocenters. The van der Waals surface area contributed by atoms with E-state index in [4.69, 9.17) is 27.9 Å². The van der Waals surface area contributed by atoms with Crippen molar-refractivity contribution >= 4 is 34.9 Å². The summed E-state index contributed by atoms with van der Waals surface area (Å²) >= 11 is 12.0. The highest BCUT2D eigenvalue weighted by molar-refractivity contribution is 6.42. The molecule has 0 spiro atoms. The predicted octanol–water partition coefficient (Wildman–Crippen LogP) is 4.41. The third-order valence-corrected chi connectivity index (χ3v) is 4.94. The van der Waals surface area contributed by atoms with E-state index in [1.165, 1.54) is 6.92 Å². The summed E-state index contributed by atoms with van der Waals surface area (Å²) in [5.74, 6) is -0.294. The van der Waals surface area contributed by atoms with E-state index in [2.05, 4.69) is 0 Å².